The molecular formula is C24H54FeO9P3+6. The molecule has 0 fully saturated rings. The Morgan fingerprint density at radius 3 is 0.784 bits per heavy atom. The van der Waals surface area contributed by atoms with Gasteiger partial charge in [-0.1, -0.05) is 117 Å². The molecule has 0 aromatic rings. The van der Waals surface area contributed by atoms with Crippen LogP contribution in [0, 0.1) is 0 Å². The van der Waals surface area contributed by atoms with E-state index in [4.69, 9.17) is 14.7 Å². The Bertz CT molecular complexity index is 424. The molecule has 0 rings (SSSR count). The van der Waals surface area contributed by atoms with Crippen LogP contribution in [0.5, 0.6) is 0 Å². The molecule has 0 saturated carbocycles. The molecule has 0 aromatic heterocycles. The molecule has 3 N–H and O–H groups in total. The van der Waals surface area contributed by atoms with Crippen LogP contribution in [-0.4, -0.2) is 34.5 Å². The molecule has 0 aliphatic rings. The van der Waals surface area contributed by atoms with Gasteiger partial charge < -0.3 is 0 Å². The quantitative estimate of drug-likeness (QED) is 0.0538. The van der Waals surface area contributed by atoms with Gasteiger partial charge >= 0.3 is 41.8 Å². The summed E-state index contributed by atoms with van der Waals surface area (Å²) in [7, 11) is -7.13. The fraction of sp³-hybridized carbons (Fsp3) is 1.00. The largest absolute Gasteiger partial charge is 3.00 e. The van der Waals surface area contributed by atoms with E-state index >= 15 is 0 Å². The molecule has 0 saturated heterocycles. The van der Waals surface area contributed by atoms with E-state index in [2.05, 4.69) is 34.3 Å². The maximum Gasteiger partial charge on any atom is 3.00 e. The van der Waals surface area contributed by atoms with Gasteiger partial charge in [-0.2, -0.15) is 0 Å². The van der Waals surface area contributed by atoms with Crippen molar-refractivity contribution in [1.29, 1.82) is 0 Å². The second kappa shape index (κ2) is 41.1. The Hall–Kier alpha value is 0.579. The first-order chi connectivity index (χ1) is 17.3. The van der Waals surface area contributed by atoms with Crippen molar-refractivity contribution < 1.29 is 59.0 Å². The zero-order valence-corrected chi connectivity index (χ0v) is 27.1. The van der Waals surface area contributed by atoms with Gasteiger partial charge in [-0.25, -0.2) is 0 Å². The zero-order chi connectivity index (χ0) is 27.7. The van der Waals surface area contributed by atoms with Crippen molar-refractivity contribution in [2.75, 3.05) is 19.8 Å². The Morgan fingerprint density at radius 2 is 0.595 bits per heavy atom. The standard InChI is InChI=1S/3C8H17O3P.Fe/c3*1-2-3-4-5-6-7-8-11-12(9)10;/h3*2-8H2,1H3;/q;;;+3/p+3. The van der Waals surface area contributed by atoms with Crippen molar-refractivity contribution in [3.05, 3.63) is 0 Å². The van der Waals surface area contributed by atoms with Crippen molar-refractivity contribution in [2.24, 2.45) is 0 Å². The Morgan fingerprint density at radius 1 is 0.405 bits per heavy atom. The molecule has 221 valence electrons. The van der Waals surface area contributed by atoms with Crippen LogP contribution in [0.25, 0.3) is 0 Å². The summed E-state index contributed by atoms with van der Waals surface area (Å²) < 4.78 is 43.7. The number of unbranched alkanes of at least 4 members (excludes halogenated alkanes) is 15. The summed E-state index contributed by atoms with van der Waals surface area (Å²) in [5.74, 6) is 0. The average molecular weight is 635 g/mol. The van der Waals surface area contributed by atoms with Crippen molar-refractivity contribution >= 4 is 24.8 Å². The summed E-state index contributed by atoms with van der Waals surface area (Å²) in [5, 5.41) is 0. The fourth-order valence-corrected chi connectivity index (χ4v) is 3.93. The van der Waals surface area contributed by atoms with Crippen molar-refractivity contribution in [3.63, 3.8) is 0 Å². The third kappa shape index (κ3) is 57.5. The molecule has 0 aliphatic carbocycles. The van der Waals surface area contributed by atoms with Gasteiger partial charge in [0.05, 0.1) is 0 Å². The van der Waals surface area contributed by atoms with Gasteiger partial charge in [0.1, 0.15) is 19.8 Å². The maximum absolute atomic E-state index is 10.1. The van der Waals surface area contributed by atoms with Gasteiger partial charge in [0, 0.05) is 13.7 Å². The second-order valence-corrected chi connectivity index (χ2v) is 10.7. The van der Waals surface area contributed by atoms with E-state index in [0.717, 1.165) is 38.5 Å². The first-order valence-electron chi connectivity index (χ1n) is 13.7. The first-order valence-corrected chi connectivity index (χ1v) is 17.1. The second-order valence-electron chi connectivity index (χ2n) is 8.52. The Balaban J connectivity index is -0.000000218. The zero-order valence-electron chi connectivity index (χ0n) is 23.3. The van der Waals surface area contributed by atoms with E-state index in [0.29, 0.717) is 19.8 Å². The fourth-order valence-electron chi connectivity index (χ4n) is 3.08. The molecule has 0 spiro atoms. The molecule has 0 aromatic carbocycles. The van der Waals surface area contributed by atoms with Crippen LogP contribution in [0.1, 0.15) is 136 Å². The SMILES string of the molecule is CCCCCCCCO[P+](=O)O.CCCCCCCCO[P+](=O)O.CCCCCCCCO[P+](=O)O.[Fe+3]. The van der Waals surface area contributed by atoms with Crippen molar-refractivity contribution in [3.8, 4) is 0 Å². The predicted molar refractivity (Wildman–Crippen MR) is 147 cm³/mol. The van der Waals surface area contributed by atoms with Gasteiger partial charge in [0.15, 0.2) is 0 Å². The van der Waals surface area contributed by atoms with Crippen LogP contribution >= 0.6 is 24.8 Å². The third-order valence-electron chi connectivity index (χ3n) is 5.10. The average Bonchev–Trinajstić information content (AvgIpc) is 2.83. The number of rotatable bonds is 24. The molecule has 9 nitrogen and oxygen atoms in total. The minimum atomic E-state index is -2.38. The molecule has 0 amide bonds. The molecule has 0 heterocycles. The predicted octanol–water partition coefficient (Wildman–Crippen LogP) is 9.04. The summed E-state index contributed by atoms with van der Waals surface area (Å²) in [5.41, 5.74) is 0. The Kier molecular flexibility index (Phi) is 49.5. The minimum absolute atomic E-state index is 0. The molecule has 0 bridgehead atoms. The molecule has 3 unspecified atom stereocenters. The molecule has 37 heavy (non-hydrogen) atoms. The van der Waals surface area contributed by atoms with Crippen molar-refractivity contribution in [2.45, 2.75) is 136 Å². The molecule has 13 heteroatoms. The topological polar surface area (TPSA) is 140 Å². The van der Waals surface area contributed by atoms with Gasteiger partial charge in [0.2, 0.25) is 0 Å². The van der Waals surface area contributed by atoms with Gasteiger partial charge in [-0.3, -0.25) is 0 Å². The molecule has 3 atom stereocenters. The van der Waals surface area contributed by atoms with Crippen molar-refractivity contribution in [1.82, 2.24) is 0 Å². The van der Waals surface area contributed by atoms with Crippen LogP contribution < -0.4 is 0 Å². The van der Waals surface area contributed by atoms with Gasteiger partial charge in [-0.15, -0.1) is 28.3 Å². The summed E-state index contributed by atoms with van der Waals surface area (Å²) in [6, 6.07) is 0. The summed E-state index contributed by atoms with van der Waals surface area (Å²) in [6.07, 6.45) is 21.0. The van der Waals surface area contributed by atoms with E-state index in [1.54, 1.807) is 0 Å². The van der Waals surface area contributed by atoms with E-state index in [1.807, 2.05) is 0 Å². The van der Waals surface area contributed by atoms with E-state index in [-0.39, 0.29) is 17.1 Å². The summed E-state index contributed by atoms with van der Waals surface area (Å²) in [6.45, 7) is 7.78. The van der Waals surface area contributed by atoms with Crippen LogP contribution in [0.4, 0.5) is 0 Å². The molecular weight excluding hydrogens is 581 g/mol. The van der Waals surface area contributed by atoms with Crippen LogP contribution in [0.15, 0.2) is 0 Å². The normalized spacial score (nSPS) is 11.4. The molecule has 0 aliphatic heterocycles. The monoisotopic (exact) mass is 635 g/mol. The summed E-state index contributed by atoms with van der Waals surface area (Å²) in [4.78, 5) is 24.8. The smallest absolute Gasteiger partial charge is 0.133 e. The molecule has 1 radical (unpaired) electrons. The third-order valence-corrected chi connectivity index (χ3v) is 6.31. The first kappa shape index (κ1) is 44.6. The maximum atomic E-state index is 10.1. The van der Waals surface area contributed by atoms with Gasteiger partial charge in [0.25, 0.3) is 0 Å². The van der Waals surface area contributed by atoms with E-state index in [1.165, 1.54) is 77.0 Å². The van der Waals surface area contributed by atoms with Crippen LogP contribution in [0.3, 0.4) is 0 Å². The van der Waals surface area contributed by atoms with Gasteiger partial charge in [-0.05, 0) is 19.3 Å². The number of hydrogen-bond acceptors (Lipinski definition) is 6. The minimum Gasteiger partial charge on any atom is -0.133 e. The number of hydrogen-bond donors (Lipinski definition) is 3. The van der Waals surface area contributed by atoms with Crippen LogP contribution in [0.2, 0.25) is 0 Å². The van der Waals surface area contributed by atoms with Crippen LogP contribution in [-0.2, 0) is 44.3 Å². The Labute approximate surface area is 239 Å². The van der Waals surface area contributed by atoms with E-state index in [9.17, 15) is 13.7 Å². The summed E-state index contributed by atoms with van der Waals surface area (Å²) >= 11 is 0. The van der Waals surface area contributed by atoms with E-state index < -0.39 is 24.8 Å².